The van der Waals surface area contributed by atoms with Crippen LogP contribution in [-0.2, 0) is 4.79 Å². The van der Waals surface area contributed by atoms with Crippen molar-refractivity contribution in [2.45, 2.75) is 33.7 Å². The summed E-state index contributed by atoms with van der Waals surface area (Å²) >= 11 is 0. The number of carbonyl (C=O) groups is 2. The first-order valence-electron chi connectivity index (χ1n) is 8.97. The van der Waals surface area contributed by atoms with Crippen LogP contribution in [0, 0.1) is 6.92 Å². The molecule has 0 bridgehead atoms. The second kappa shape index (κ2) is 8.04. The summed E-state index contributed by atoms with van der Waals surface area (Å²) in [4.78, 5) is 28.0. The van der Waals surface area contributed by atoms with Gasteiger partial charge in [-0.15, -0.1) is 0 Å². The zero-order valence-electron chi connectivity index (χ0n) is 16.2. The monoisotopic (exact) mass is 378 g/mol. The molecule has 7 heteroatoms. The van der Waals surface area contributed by atoms with E-state index in [1.807, 2.05) is 39.0 Å². The van der Waals surface area contributed by atoms with E-state index in [2.05, 4.69) is 20.8 Å². The maximum Gasteiger partial charge on any atom is 0.258 e. The normalized spacial score (nSPS) is 10.8. The molecule has 144 valence electrons. The number of nitrogens with zero attached hydrogens (tertiary/aromatic N) is 2. The molecule has 2 N–H and O–H groups in total. The van der Waals surface area contributed by atoms with E-state index in [1.165, 1.54) is 6.92 Å². The Labute approximate surface area is 163 Å². The largest absolute Gasteiger partial charge is 0.350 e. The fraction of sp³-hybridized carbons (Fsp3) is 0.238. The number of nitrogens with one attached hydrogen (secondary N) is 2. The van der Waals surface area contributed by atoms with Crippen LogP contribution in [0.25, 0.3) is 22.8 Å². The number of rotatable bonds is 5. The Bertz CT molecular complexity index is 1020. The van der Waals surface area contributed by atoms with Gasteiger partial charge in [-0.05, 0) is 50.6 Å². The van der Waals surface area contributed by atoms with E-state index in [9.17, 15) is 9.59 Å². The maximum absolute atomic E-state index is 12.2. The molecular formula is C21H22N4O3. The highest BCUT2D eigenvalue weighted by molar-refractivity contribution is 5.95. The van der Waals surface area contributed by atoms with Crippen LogP contribution in [0.5, 0.6) is 0 Å². The molecule has 28 heavy (non-hydrogen) atoms. The molecule has 0 aliphatic rings. The van der Waals surface area contributed by atoms with Crippen LogP contribution < -0.4 is 10.6 Å². The van der Waals surface area contributed by atoms with Gasteiger partial charge < -0.3 is 15.2 Å². The fourth-order valence-corrected chi connectivity index (χ4v) is 2.68. The van der Waals surface area contributed by atoms with Crippen LogP contribution in [0.1, 0.15) is 36.7 Å². The third-order valence-electron chi connectivity index (χ3n) is 4.02. The molecule has 0 aliphatic carbocycles. The molecule has 3 rings (SSSR count). The number of aromatic nitrogens is 2. The average molecular weight is 378 g/mol. The summed E-state index contributed by atoms with van der Waals surface area (Å²) in [6.45, 7) is 7.18. The molecule has 7 nitrogen and oxygen atoms in total. The quantitative estimate of drug-likeness (QED) is 0.704. The van der Waals surface area contributed by atoms with Gasteiger partial charge in [-0.2, -0.15) is 4.98 Å². The molecule has 0 saturated carbocycles. The van der Waals surface area contributed by atoms with Gasteiger partial charge in [0.1, 0.15) is 0 Å². The summed E-state index contributed by atoms with van der Waals surface area (Å²) in [5.41, 5.74) is 3.53. The van der Waals surface area contributed by atoms with E-state index < -0.39 is 0 Å². The molecule has 0 unspecified atom stereocenters. The van der Waals surface area contributed by atoms with Gasteiger partial charge >= 0.3 is 0 Å². The Morgan fingerprint density at radius 3 is 2.57 bits per heavy atom. The highest BCUT2D eigenvalue weighted by Crippen LogP contribution is 2.26. The third-order valence-corrected chi connectivity index (χ3v) is 4.02. The molecule has 0 spiro atoms. The molecule has 0 saturated heterocycles. The van der Waals surface area contributed by atoms with E-state index in [0.717, 1.165) is 5.56 Å². The maximum atomic E-state index is 12.2. The van der Waals surface area contributed by atoms with Gasteiger partial charge in [-0.25, -0.2) is 0 Å². The number of aryl methyl sites for hydroxylation is 1. The van der Waals surface area contributed by atoms with E-state index >= 15 is 0 Å². The second-order valence-electron chi connectivity index (χ2n) is 6.84. The van der Waals surface area contributed by atoms with Crippen molar-refractivity contribution < 1.29 is 14.1 Å². The van der Waals surface area contributed by atoms with Gasteiger partial charge in [0, 0.05) is 35.3 Å². The van der Waals surface area contributed by atoms with E-state index in [0.29, 0.717) is 34.1 Å². The average Bonchev–Trinajstić information content (AvgIpc) is 3.13. The smallest absolute Gasteiger partial charge is 0.258 e. The molecule has 0 radical (unpaired) electrons. The summed E-state index contributed by atoms with van der Waals surface area (Å²) < 4.78 is 5.40. The number of carbonyl (C=O) groups excluding carboxylic acids is 2. The summed E-state index contributed by atoms with van der Waals surface area (Å²) in [6, 6.07) is 12.6. The number of benzene rings is 2. The first kappa shape index (κ1) is 19.3. The number of hydrogen-bond acceptors (Lipinski definition) is 5. The van der Waals surface area contributed by atoms with Gasteiger partial charge in [0.2, 0.25) is 11.7 Å². The Hall–Kier alpha value is -3.48. The van der Waals surface area contributed by atoms with Crippen molar-refractivity contribution >= 4 is 17.5 Å². The third kappa shape index (κ3) is 4.43. The lowest BCUT2D eigenvalue weighted by molar-refractivity contribution is -0.114. The lowest BCUT2D eigenvalue weighted by Gasteiger charge is -2.08. The first-order chi connectivity index (χ1) is 13.3. The van der Waals surface area contributed by atoms with Crippen molar-refractivity contribution in [3.8, 4) is 22.8 Å². The van der Waals surface area contributed by atoms with Gasteiger partial charge in [-0.3, -0.25) is 9.59 Å². The SMILES string of the molecule is CC(=O)Nc1cc(-c2nc(-c3cccc(C(=O)NC(C)C)c3)no2)ccc1C. The molecule has 0 fully saturated rings. The molecule has 3 aromatic rings. The van der Waals surface area contributed by atoms with Gasteiger partial charge in [0.25, 0.3) is 11.8 Å². The van der Waals surface area contributed by atoms with Crippen molar-refractivity contribution in [3.05, 3.63) is 53.6 Å². The lowest BCUT2D eigenvalue weighted by atomic mass is 10.1. The minimum atomic E-state index is -0.154. The van der Waals surface area contributed by atoms with Crippen molar-refractivity contribution in [3.63, 3.8) is 0 Å². The Morgan fingerprint density at radius 2 is 1.86 bits per heavy atom. The molecule has 0 atom stereocenters. The molecule has 1 aromatic heterocycles. The standard InChI is InChI=1S/C21H22N4O3/c1-12(2)22-20(27)16-7-5-6-15(10-16)19-24-21(28-25-19)17-9-8-13(3)18(11-17)23-14(4)26/h5-12H,1-4H3,(H,22,27)(H,23,26). The first-order valence-corrected chi connectivity index (χ1v) is 8.97. The Morgan fingerprint density at radius 1 is 1.07 bits per heavy atom. The molecular weight excluding hydrogens is 356 g/mol. The van der Waals surface area contributed by atoms with Crippen molar-refractivity contribution in [2.24, 2.45) is 0 Å². The fourth-order valence-electron chi connectivity index (χ4n) is 2.68. The topological polar surface area (TPSA) is 97.1 Å². The summed E-state index contributed by atoms with van der Waals surface area (Å²) in [6.07, 6.45) is 0. The lowest BCUT2D eigenvalue weighted by Crippen LogP contribution is -2.30. The van der Waals surface area contributed by atoms with Crippen LogP contribution in [0.2, 0.25) is 0 Å². The Kier molecular flexibility index (Phi) is 5.54. The van der Waals surface area contributed by atoms with E-state index in [-0.39, 0.29) is 17.9 Å². The molecule has 2 amide bonds. The van der Waals surface area contributed by atoms with Gasteiger partial charge in [0.05, 0.1) is 0 Å². The van der Waals surface area contributed by atoms with Crippen molar-refractivity contribution in [2.75, 3.05) is 5.32 Å². The van der Waals surface area contributed by atoms with Crippen LogP contribution in [0.4, 0.5) is 5.69 Å². The van der Waals surface area contributed by atoms with Crippen molar-refractivity contribution in [1.82, 2.24) is 15.5 Å². The minimum Gasteiger partial charge on any atom is -0.350 e. The Balaban J connectivity index is 1.89. The summed E-state index contributed by atoms with van der Waals surface area (Å²) in [5, 5.41) is 9.67. The molecule has 0 aliphatic heterocycles. The highest BCUT2D eigenvalue weighted by Gasteiger charge is 2.14. The van der Waals surface area contributed by atoms with Crippen LogP contribution in [-0.4, -0.2) is 28.0 Å². The van der Waals surface area contributed by atoms with Gasteiger partial charge in [0.15, 0.2) is 0 Å². The minimum absolute atomic E-state index is 0.0484. The van der Waals surface area contributed by atoms with E-state index in [1.54, 1.807) is 24.3 Å². The summed E-state index contributed by atoms with van der Waals surface area (Å²) in [7, 11) is 0. The van der Waals surface area contributed by atoms with Crippen LogP contribution in [0.3, 0.4) is 0 Å². The number of amides is 2. The molecule has 2 aromatic carbocycles. The van der Waals surface area contributed by atoms with Crippen molar-refractivity contribution in [1.29, 1.82) is 0 Å². The predicted molar refractivity (Wildman–Crippen MR) is 107 cm³/mol. The van der Waals surface area contributed by atoms with E-state index in [4.69, 9.17) is 4.52 Å². The highest BCUT2D eigenvalue weighted by atomic mass is 16.5. The number of hydrogen-bond donors (Lipinski definition) is 2. The van der Waals surface area contributed by atoms with Gasteiger partial charge in [-0.1, -0.05) is 23.4 Å². The molecule has 1 heterocycles. The van der Waals surface area contributed by atoms with Crippen LogP contribution in [0.15, 0.2) is 47.0 Å². The van der Waals surface area contributed by atoms with Crippen LogP contribution >= 0.6 is 0 Å². The predicted octanol–water partition coefficient (Wildman–Crippen LogP) is 3.81. The zero-order chi connectivity index (χ0) is 20.3. The zero-order valence-corrected chi connectivity index (χ0v) is 16.2. The second-order valence-corrected chi connectivity index (χ2v) is 6.84. The summed E-state index contributed by atoms with van der Waals surface area (Å²) in [5.74, 6) is 0.413. The number of anilines is 1.